The fourth-order valence-electron chi connectivity index (χ4n) is 2.71. The second-order valence-electron chi connectivity index (χ2n) is 5.62. The highest BCUT2D eigenvalue weighted by molar-refractivity contribution is 6.46. The number of benzene rings is 2. The van der Waals surface area contributed by atoms with E-state index in [1.54, 1.807) is 36.4 Å². The molecule has 0 saturated carbocycles. The Bertz CT molecular complexity index is 916. The van der Waals surface area contributed by atoms with Gasteiger partial charge in [-0.05, 0) is 42.0 Å². The summed E-state index contributed by atoms with van der Waals surface area (Å²) < 4.78 is 4.64. The number of halogens is 1. The second-order valence-corrected chi connectivity index (χ2v) is 6.05. The molecule has 0 spiro atoms. The van der Waals surface area contributed by atoms with Crippen molar-refractivity contribution in [2.75, 3.05) is 7.11 Å². The highest BCUT2D eigenvalue weighted by Crippen LogP contribution is 2.33. The van der Waals surface area contributed by atoms with Crippen LogP contribution in [0.15, 0.2) is 54.1 Å². The normalized spacial score (nSPS) is 18.5. The van der Waals surface area contributed by atoms with Gasteiger partial charge in [-0.1, -0.05) is 23.7 Å². The fraction of sp³-hybridized carbons (Fsp3) is 0.105. The standard InChI is InChI=1S/C19H14ClNO5/c1-26-19(25)12-4-2-10(3-5-12)15-14(17(23)18(24)21-15)16(22)11-6-8-13(20)9-7-11/h2-9,15,22H,1H3,(H,21,24)/b16-14+. The molecule has 1 aliphatic heterocycles. The topological polar surface area (TPSA) is 92.7 Å². The highest BCUT2D eigenvalue weighted by atomic mass is 35.5. The molecule has 2 N–H and O–H groups in total. The molecule has 7 heteroatoms. The van der Waals surface area contributed by atoms with Crippen LogP contribution < -0.4 is 5.32 Å². The molecule has 0 radical (unpaired) electrons. The first-order valence-electron chi connectivity index (χ1n) is 7.65. The van der Waals surface area contributed by atoms with Gasteiger partial charge in [-0.3, -0.25) is 9.59 Å². The predicted octanol–water partition coefficient (Wildman–Crippen LogP) is 2.84. The first-order chi connectivity index (χ1) is 12.4. The molecule has 3 rings (SSSR count). The number of amides is 1. The van der Waals surface area contributed by atoms with Crippen LogP contribution in [0.25, 0.3) is 5.76 Å². The molecule has 132 valence electrons. The molecule has 0 aliphatic carbocycles. The Morgan fingerprint density at radius 3 is 2.19 bits per heavy atom. The van der Waals surface area contributed by atoms with E-state index in [-0.39, 0.29) is 11.3 Å². The van der Waals surface area contributed by atoms with Crippen molar-refractivity contribution in [2.45, 2.75) is 6.04 Å². The van der Waals surface area contributed by atoms with Crippen LogP contribution in [-0.4, -0.2) is 29.9 Å². The summed E-state index contributed by atoms with van der Waals surface area (Å²) in [7, 11) is 1.27. The number of ketones is 1. The third-order valence-electron chi connectivity index (χ3n) is 4.05. The SMILES string of the molecule is COC(=O)c1ccc(C2NC(=O)C(=O)/C2=C(/O)c2ccc(Cl)cc2)cc1. The number of hydrogen-bond donors (Lipinski definition) is 2. The van der Waals surface area contributed by atoms with Gasteiger partial charge >= 0.3 is 5.97 Å². The van der Waals surface area contributed by atoms with Crippen molar-refractivity contribution >= 4 is 35.0 Å². The van der Waals surface area contributed by atoms with Crippen LogP contribution >= 0.6 is 11.6 Å². The van der Waals surface area contributed by atoms with Crippen LogP contribution in [0.5, 0.6) is 0 Å². The molecule has 26 heavy (non-hydrogen) atoms. The molecule has 1 aliphatic rings. The van der Waals surface area contributed by atoms with Gasteiger partial charge in [-0.25, -0.2) is 4.79 Å². The Kier molecular flexibility index (Phi) is 4.77. The molecule has 1 heterocycles. The van der Waals surface area contributed by atoms with Gasteiger partial charge in [-0.15, -0.1) is 0 Å². The van der Waals surface area contributed by atoms with E-state index in [0.717, 1.165) is 0 Å². The molecule has 2 aromatic rings. The minimum absolute atomic E-state index is 0.0526. The number of nitrogens with one attached hydrogen (secondary N) is 1. The van der Waals surface area contributed by atoms with Crippen molar-refractivity contribution in [2.24, 2.45) is 0 Å². The monoisotopic (exact) mass is 371 g/mol. The lowest BCUT2D eigenvalue weighted by atomic mass is 9.95. The van der Waals surface area contributed by atoms with Gasteiger partial charge in [0.2, 0.25) is 0 Å². The number of hydrogen-bond acceptors (Lipinski definition) is 5. The minimum Gasteiger partial charge on any atom is -0.507 e. The average molecular weight is 372 g/mol. The van der Waals surface area contributed by atoms with Crippen molar-refractivity contribution in [3.05, 3.63) is 75.8 Å². The maximum Gasteiger partial charge on any atom is 0.337 e. The lowest BCUT2D eigenvalue weighted by Crippen LogP contribution is -2.21. The molecule has 0 aromatic heterocycles. The minimum atomic E-state index is -0.822. The van der Waals surface area contributed by atoms with Crippen LogP contribution in [0.2, 0.25) is 5.02 Å². The molecule has 6 nitrogen and oxygen atoms in total. The van der Waals surface area contributed by atoms with Gasteiger partial charge in [0.25, 0.3) is 11.7 Å². The number of carbonyl (C=O) groups excluding carboxylic acids is 3. The Balaban J connectivity index is 2.03. The molecular formula is C19H14ClNO5. The smallest absolute Gasteiger partial charge is 0.337 e. The quantitative estimate of drug-likeness (QED) is 0.374. The molecule has 2 aromatic carbocycles. The van der Waals surface area contributed by atoms with E-state index in [2.05, 4.69) is 10.1 Å². The average Bonchev–Trinajstić information content (AvgIpc) is 2.96. The number of methoxy groups -OCH3 is 1. The Morgan fingerprint density at radius 2 is 1.62 bits per heavy atom. The van der Waals surface area contributed by atoms with Crippen LogP contribution in [-0.2, 0) is 14.3 Å². The number of rotatable bonds is 3. The molecule has 1 fully saturated rings. The third-order valence-corrected chi connectivity index (χ3v) is 4.30. The van der Waals surface area contributed by atoms with E-state index in [1.807, 2.05) is 0 Å². The van der Waals surface area contributed by atoms with Crippen molar-refractivity contribution in [3.63, 3.8) is 0 Å². The van der Waals surface area contributed by atoms with Crippen molar-refractivity contribution in [3.8, 4) is 0 Å². The number of ether oxygens (including phenoxy) is 1. The van der Waals surface area contributed by atoms with Crippen LogP contribution in [0.1, 0.15) is 27.5 Å². The van der Waals surface area contributed by atoms with E-state index < -0.39 is 23.7 Å². The van der Waals surface area contributed by atoms with E-state index in [1.165, 1.54) is 19.2 Å². The zero-order valence-electron chi connectivity index (χ0n) is 13.7. The van der Waals surface area contributed by atoms with Gasteiger partial charge in [0.05, 0.1) is 24.3 Å². The summed E-state index contributed by atoms with van der Waals surface area (Å²) in [6.07, 6.45) is 0. The molecular weight excluding hydrogens is 358 g/mol. The zero-order chi connectivity index (χ0) is 18.8. The lowest BCUT2D eigenvalue weighted by Gasteiger charge is -2.14. The summed E-state index contributed by atoms with van der Waals surface area (Å²) in [5.41, 5.74) is 1.19. The number of aliphatic hydroxyl groups is 1. The fourth-order valence-corrected chi connectivity index (χ4v) is 2.84. The van der Waals surface area contributed by atoms with Crippen LogP contribution in [0.3, 0.4) is 0 Å². The summed E-state index contributed by atoms with van der Waals surface area (Å²) in [6.45, 7) is 0. The Morgan fingerprint density at radius 1 is 1.04 bits per heavy atom. The zero-order valence-corrected chi connectivity index (χ0v) is 14.4. The molecule has 1 unspecified atom stereocenters. The predicted molar refractivity (Wildman–Crippen MR) is 94.7 cm³/mol. The first kappa shape index (κ1) is 17.7. The van der Waals surface area contributed by atoms with Crippen LogP contribution in [0.4, 0.5) is 0 Å². The Labute approximate surface area is 154 Å². The molecule has 1 atom stereocenters. The van der Waals surface area contributed by atoms with Crippen molar-refractivity contribution in [1.29, 1.82) is 0 Å². The maximum atomic E-state index is 12.3. The second kappa shape index (κ2) is 7.01. The number of aliphatic hydroxyl groups excluding tert-OH is 1. The summed E-state index contributed by atoms with van der Waals surface area (Å²) in [5, 5.41) is 13.6. The van der Waals surface area contributed by atoms with E-state index in [9.17, 15) is 19.5 Å². The van der Waals surface area contributed by atoms with Gasteiger partial charge in [0.15, 0.2) is 0 Å². The van der Waals surface area contributed by atoms with E-state index >= 15 is 0 Å². The lowest BCUT2D eigenvalue weighted by molar-refractivity contribution is -0.133. The van der Waals surface area contributed by atoms with Crippen molar-refractivity contribution < 1.29 is 24.2 Å². The van der Waals surface area contributed by atoms with Gasteiger partial charge < -0.3 is 15.2 Å². The summed E-state index contributed by atoms with van der Waals surface area (Å²) in [4.78, 5) is 35.7. The largest absolute Gasteiger partial charge is 0.507 e. The van der Waals surface area contributed by atoms with E-state index in [4.69, 9.17) is 11.6 Å². The third kappa shape index (κ3) is 3.19. The maximum absolute atomic E-state index is 12.3. The summed E-state index contributed by atoms with van der Waals surface area (Å²) >= 11 is 5.84. The van der Waals surface area contributed by atoms with Gasteiger partial charge in [-0.2, -0.15) is 0 Å². The highest BCUT2D eigenvalue weighted by Gasteiger charge is 2.39. The number of carbonyl (C=O) groups is 3. The Hall–Kier alpha value is -3.12. The molecule has 1 saturated heterocycles. The van der Waals surface area contributed by atoms with Gasteiger partial charge in [0, 0.05) is 10.6 Å². The molecule has 0 bridgehead atoms. The van der Waals surface area contributed by atoms with E-state index in [0.29, 0.717) is 21.7 Å². The van der Waals surface area contributed by atoms with Gasteiger partial charge in [0.1, 0.15) is 5.76 Å². The number of esters is 1. The molecule has 1 amide bonds. The summed E-state index contributed by atoms with van der Waals surface area (Å²) in [5.74, 6) is -2.41. The van der Waals surface area contributed by atoms with Crippen LogP contribution in [0, 0.1) is 0 Å². The van der Waals surface area contributed by atoms with Crippen molar-refractivity contribution in [1.82, 2.24) is 5.32 Å². The summed E-state index contributed by atoms with van der Waals surface area (Å²) in [6, 6.07) is 11.6. The first-order valence-corrected chi connectivity index (χ1v) is 8.02. The number of Topliss-reactive ketones (excluding diaryl/α,β-unsaturated/α-hetero) is 1.